The highest BCUT2D eigenvalue weighted by molar-refractivity contribution is 7.26. The van der Waals surface area contributed by atoms with Crippen molar-refractivity contribution in [3.63, 3.8) is 0 Å². The van der Waals surface area contributed by atoms with Crippen LogP contribution in [0.15, 0.2) is 146 Å². The molecule has 2 nitrogen and oxygen atoms in total. The molecule has 0 radical (unpaired) electrons. The first-order valence-electron chi connectivity index (χ1n) is 13.7. The second kappa shape index (κ2) is 9.81. The quantitative estimate of drug-likeness (QED) is 0.222. The predicted octanol–water partition coefficient (Wildman–Crippen LogP) is 10.7. The van der Waals surface area contributed by atoms with Crippen molar-refractivity contribution in [2.24, 2.45) is 0 Å². The van der Waals surface area contributed by atoms with Gasteiger partial charge in [-0.3, -0.25) is 4.98 Å². The summed E-state index contributed by atoms with van der Waals surface area (Å²) in [5.41, 5.74) is 10.6. The number of rotatable bonds is 4. The summed E-state index contributed by atoms with van der Waals surface area (Å²) in [5, 5.41) is 3.63. The number of pyridine rings is 2. The highest BCUT2D eigenvalue weighted by Gasteiger charge is 2.11. The fourth-order valence-electron chi connectivity index (χ4n) is 5.65. The number of nitrogens with zero attached hydrogens (tertiary/aromatic N) is 2. The van der Waals surface area contributed by atoms with Crippen molar-refractivity contribution in [2.75, 3.05) is 0 Å². The van der Waals surface area contributed by atoms with E-state index in [0.29, 0.717) is 0 Å². The summed E-state index contributed by atoms with van der Waals surface area (Å²) >= 11 is 1.76. The van der Waals surface area contributed by atoms with Crippen LogP contribution in [0.1, 0.15) is 0 Å². The number of hydrogen-bond acceptors (Lipinski definition) is 3. The maximum Gasteiger partial charge on any atom is 0.124 e. The summed E-state index contributed by atoms with van der Waals surface area (Å²) in [6.45, 7) is 0. The van der Waals surface area contributed by atoms with E-state index >= 15 is 0 Å². The Morgan fingerprint density at radius 1 is 0.439 bits per heavy atom. The fraction of sp³-hybridized carbons (Fsp3) is 0. The Labute approximate surface area is 242 Å². The first-order chi connectivity index (χ1) is 20.3. The molecule has 3 heterocycles. The van der Waals surface area contributed by atoms with Crippen molar-refractivity contribution in [1.29, 1.82) is 0 Å². The van der Waals surface area contributed by atoms with Gasteiger partial charge in [-0.1, -0.05) is 109 Å². The third-order valence-electron chi connectivity index (χ3n) is 7.81. The second-order valence-corrected chi connectivity index (χ2v) is 11.3. The van der Waals surface area contributed by atoms with Crippen LogP contribution < -0.4 is 0 Å². The molecule has 0 unspecified atom stereocenters. The van der Waals surface area contributed by atoms with E-state index in [1.807, 2.05) is 24.5 Å². The summed E-state index contributed by atoms with van der Waals surface area (Å²) in [6.07, 6.45) is 3.85. The number of hydrogen-bond donors (Lipinski definition) is 0. The average Bonchev–Trinajstić information content (AvgIpc) is 3.44. The van der Waals surface area contributed by atoms with Crippen molar-refractivity contribution >= 4 is 42.5 Å². The van der Waals surface area contributed by atoms with Crippen LogP contribution in [-0.2, 0) is 0 Å². The number of fused-ring (bicyclic) bond motifs is 4. The Bertz CT molecular complexity index is 2180. The van der Waals surface area contributed by atoms with Crippen molar-refractivity contribution in [2.45, 2.75) is 0 Å². The molecule has 0 bridgehead atoms. The fourth-order valence-corrected chi connectivity index (χ4v) is 6.83. The molecule has 0 fully saturated rings. The summed E-state index contributed by atoms with van der Waals surface area (Å²) in [4.78, 5) is 10.5. The van der Waals surface area contributed by atoms with Crippen LogP contribution in [0.3, 0.4) is 0 Å². The minimum absolute atomic E-state index is 1.00. The zero-order chi connectivity index (χ0) is 27.2. The largest absolute Gasteiger partial charge is 0.256 e. The molecule has 3 heteroatoms. The molecule has 41 heavy (non-hydrogen) atoms. The molecular formula is C38H24N2S. The Balaban J connectivity index is 1.08. The van der Waals surface area contributed by atoms with Gasteiger partial charge in [0.1, 0.15) is 4.83 Å². The molecule has 3 aromatic heterocycles. The predicted molar refractivity (Wildman–Crippen MR) is 174 cm³/mol. The average molecular weight is 541 g/mol. The Morgan fingerprint density at radius 2 is 1.10 bits per heavy atom. The Morgan fingerprint density at radius 3 is 1.90 bits per heavy atom. The molecule has 0 aliphatic carbocycles. The van der Waals surface area contributed by atoms with Crippen LogP contribution in [-0.4, -0.2) is 9.97 Å². The topological polar surface area (TPSA) is 25.8 Å². The van der Waals surface area contributed by atoms with Gasteiger partial charge >= 0.3 is 0 Å². The van der Waals surface area contributed by atoms with E-state index in [2.05, 4.69) is 126 Å². The standard InChI is InChI=1S/C38H24N2S/c1-2-6-25(7-3-1)26-11-13-27(14-12-26)30-19-20-31-22-32(24-40-36(31)23-30)28-15-17-29(18-16-28)33-8-4-9-34-35-10-5-21-39-38(35)41-37(33)34/h1-24H. The molecule has 0 N–H and O–H groups in total. The molecular weight excluding hydrogens is 516 g/mol. The maximum atomic E-state index is 4.85. The highest BCUT2D eigenvalue weighted by Crippen LogP contribution is 2.39. The van der Waals surface area contributed by atoms with Gasteiger partial charge in [0.15, 0.2) is 0 Å². The SMILES string of the molecule is c1ccc(-c2ccc(-c3ccc4cc(-c5ccc(-c6cccc7c6sc6ncccc67)cc5)cnc4c3)cc2)cc1. The smallest absolute Gasteiger partial charge is 0.124 e. The molecule has 0 aliphatic rings. The normalized spacial score (nSPS) is 11.4. The van der Waals surface area contributed by atoms with Crippen LogP contribution in [0.4, 0.5) is 0 Å². The minimum Gasteiger partial charge on any atom is -0.256 e. The van der Waals surface area contributed by atoms with Gasteiger partial charge in [0.2, 0.25) is 0 Å². The highest BCUT2D eigenvalue weighted by atomic mass is 32.1. The van der Waals surface area contributed by atoms with Crippen LogP contribution in [0.2, 0.25) is 0 Å². The van der Waals surface area contributed by atoms with Gasteiger partial charge in [0.05, 0.1) is 5.52 Å². The van der Waals surface area contributed by atoms with Gasteiger partial charge in [0.25, 0.3) is 0 Å². The van der Waals surface area contributed by atoms with E-state index in [0.717, 1.165) is 26.9 Å². The van der Waals surface area contributed by atoms with Gasteiger partial charge in [-0.05, 0) is 63.2 Å². The van der Waals surface area contributed by atoms with Crippen LogP contribution >= 0.6 is 11.3 Å². The lowest BCUT2D eigenvalue weighted by Gasteiger charge is -2.09. The van der Waals surface area contributed by atoms with Gasteiger partial charge in [-0.15, -0.1) is 11.3 Å². The lowest BCUT2D eigenvalue weighted by molar-refractivity contribution is 1.41. The molecule has 8 rings (SSSR count). The van der Waals surface area contributed by atoms with E-state index in [1.165, 1.54) is 48.9 Å². The van der Waals surface area contributed by atoms with Crippen molar-refractivity contribution in [3.05, 3.63) is 146 Å². The van der Waals surface area contributed by atoms with E-state index in [4.69, 9.17) is 4.98 Å². The Kier molecular flexibility index (Phi) is 5.68. The minimum atomic E-state index is 1.00. The number of aromatic nitrogens is 2. The zero-order valence-corrected chi connectivity index (χ0v) is 23.0. The van der Waals surface area contributed by atoms with E-state index in [1.54, 1.807) is 11.3 Å². The molecule has 5 aromatic carbocycles. The molecule has 0 atom stereocenters. The third-order valence-corrected chi connectivity index (χ3v) is 8.98. The van der Waals surface area contributed by atoms with Crippen molar-refractivity contribution < 1.29 is 0 Å². The molecule has 0 spiro atoms. The lowest BCUT2D eigenvalue weighted by Crippen LogP contribution is -1.86. The lowest BCUT2D eigenvalue weighted by atomic mass is 9.98. The molecule has 8 aromatic rings. The van der Waals surface area contributed by atoms with Gasteiger partial charge in [0, 0.05) is 38.8 Å². The molecule has 0 aliphatic heterocycles. The summed E-state index contributed by atoms with van der Waals surface area (Å²) in [7, 11) is 0. The monoisotopic (exact) mass is 540 g/mol. The van der Waals surface area contributed by atoms with Gasteiger partial charge < -0.3 is 0 Å². The van der Waals surface area contributed by atoms with E-state index < -0.39 is 0 Å². The number of thiophene rings is 1. The molecule has 0 saturated carbocycles. The summed E-state index contributed by atoms with van der Waals surface area (Å²) < 4.78 is 1.28. The van der Waals surface area contributed by atoms with E-state index in [9.17, 15) is 0 Å². The van der Waals surface area contributed by atoms with Gasteiger partial charge in [-0.2, -0.15) is 0 Å². The van der Waals surface area contributed by atoms with Crippen LogP contribution in [0, 0.1) is 0 Å². The second-order valence-electron chi connectivity index (χ2n) is 10.3. The summed E-state index contributed by atoms with van der Waals surface area (Å²) in [5.74, 6) is 0. The van der Waals surface area contributed by atoms with Crippen molar-refractivity contribution in [3.8, 4) is 44.5 Å². The Hall–Kier alpha value is -5.12. The maximum absolute atomic E-state index is 4.85. The van der Waals surface area contributed by atoms with Gasteiger partial charge in [-0.25, -0.2) is 4.98 Å². The third kappa shape index (κ3) is 4.28. The first kappa shape index (κ1) is 23.7. The zero-order valence-electron chi connectivity index (χ0n) is 22.2. The first-order valence-corrected chi connectivity index (χ1v) is 14.5. The molecule has 0 amide bonds. The summed E-state index contributed by atoms with van der Waals surface area (Å²) in [6, 6.07) is 47.6. The van der Waals surface area contributed by atoms with E-state index in [-0.39, 0.29) is 0 Å². The molecule has 192 valence electrons. The molecule has 0 saturated heterocycles. The van der Waals surface area contributed by atoms with Crippen molar-refractivity contribution in [1.82, 2.24) is 9.97 Å². The van der Waals surface area contributed by atoms with Crippen LogP contribution in [0.25, 0.3) is 75.7 Å². The van der Waals surface area contributed by atoms with Crippen LogP contribution in [0.5, 0.6) is 0 Å². The number of benzene rings is 5.